The van der Waals surface area contributed by atoms with E-state index in [0.29, 0.717) is 48.7 Å². The van der Waals surface area contributed by atoms with E-state index in [0.717, 1.165) is 38.3 Å². The van der Waals surface area contributed by atoms with Crippen LogP contribution in [-0.2, 0) is 50.9 Å². The largest absolute Gasteiger partial charge is 0.497 e. The molecule has 0 spiro atoms. The van der Waals surface area contributed by atoms with E-state index in [1.807, 2.05) is 104 Å². The molecule has 8 aromatic carbocycles. The van der Waals surface area contributed by atoms with Gasteiger partial charge in [-0.05, 0) is 202 Å². The van der Waals surface area contributed by atoms with Gasteiger partial charge in [0.2, 0.25) is 17.3 Å². The van der Waals surface area contributed by atoms with Gasteiger partial charge in [-0.2, -0.15) is 15.0 Å². The summed E-state index contributed by atoms with van der Waals surface area (Å²) < 4.78 is 164. The van der Waals surface area contributed by atoms with E-state index in [1.54, 1.807) is 148 Å². The number of carbonyl (C=O) groups is 1. The Bertz CT molecular complexity index is 6480. The summed E-state index contributed by atoms with van der Waals surface area (Å²) >= 11 is 7.69. The van der Waals surface area contributed by atoms with E-state index in [1.165, 1.54) is 62.5 Å². The Morgan fingerprint density at radius 1 is 0.480 bits per heavy atom. The monoisotopic (exact) mass is 1960 g/mol. The van der Waals surface area contributed by atoms with Gasteiger partial charge in [-0.15, -0.1) is 11.3 Å². The van der Waals surface area contributed by atoms with Gasteiger partial charge in [-0.1, -0.05) is 166 Å². The van der Waals surface area contributed by atoms with Gasteiger partial charge in [0, 0.05) is 16.5 Å². The molecule has 32 nitrogen and oxygen atoms in total. The number of rotatable bonds is 30. The number of carboxylic acids is 1. The molecule has 13 rings (SSSR count). The van der Waals surface area contributed by atoms with Gasteiger partial charge in [-0.3, -0.25) is 9.44 Å². The summed E-state index contributed by atoms with van der Waals surface area (Å²) in [6.07, 6.45) is -1.24. The maximum absolute atomic E-state index is 13.7. The first-order valence-corrected chi connectivity index (χ1v) is 46.8. The molecule has 670 valence electrons. The average molecular weight is 1960 g/mol. The summed E-state index contributed by atoms with van der Waals surface area (Å²) in [7, 11) is -11.4. The molecule has 0 radical (unpaired) electrons. The number of aryl methyl sites for hydroxylation is 5. The molecule has 0 bridgehead atoms. The maximum atomic E-state index is 13.7. The van der Waals surface area contributed by atoms with Crippen LogP contribution in [0.5, 0.6) is 52.0 Å². The molecule has 39 heteroatoms. The van der Waals surface area contributed by atoms with Crippen molar-refractivity contribution in [3.63, 3.8) is 0 Å². The van der Waals surface area contributed by atoms with Crippen molar-refractivity contribution in [2.45, 2.75) is 112 Å². The van der Waals surface area contributed by atoms with Gasteiger partial charge in [-0.25, -0.2) is 52.9 Å². The molecule has 0 amide bonds. The lowest BCUT2D eigenvalue weighted by atomic mass is 9.87. The molecular formula is C88H92Br2N10O22S5. The van der Waals surface area contributed by atoms with Crippen molar-refractivity contribution in [1.82, 2.24) is 30.2 Å². The van der Waals surface area contributed by atoms with E-state index in [-0.39, 0.29) is 101 Å². The third-order valence-corrected chi connectivity index (χ3v) is 27.2. The first kappa shape index (κ1) is 97.2. The maximum Gasteiger partial charge on any atom is 0.374 e. The first-order chi connectivity index (χ1) is 60.0. The highest BCUT2D eigenvalue weighted by atomic mass is 79.9. The van der Waals surface area contributed by atoms with Crippen molar-refractivity contribution >= 4 is 113 Å². The fraction of sp³-hybridized carbons (Fsp3) is 0.239. The molecule has 0 saturated carbocycles. The third-order valence-electron chi connectivity index (χ3n) is 18.3. The number of hydrogen-bond donors (Lipinski definition) is 8. The number of nitrogens with zero attached hydrogens (tertiary/aromatic N) is 6. The minimum atomic E-state index is -4.24. The van der Waals surface area contributed by atoms with Gasteiger partial charge in [0.15, 0.2) is 29.0 Å². The number of nitrogens with one attached hydrogen (secondary N) is 4. The molecule has 8 N–H and O–H groups in total. The van der Waals surface area contributed by atoms with Gasteiger partial charge in [0.05, 0.1) is 60.6 Å². The number of anilines is 4. The number of aromatic carboxylic acids is 1. The summed E-state index contributed by atoms with van der Waals surface area (Å²) in [5.74, 6) is -1.80. The number of para-hydroxylation sites is 2. The number of sulfonamides is 4. The van der Waals surface area contributed by atoms with Crippen molar-refractivity contribution < 1.29 is 101 Å². The van der Waals surface area contributed by atoms with Crippen molar-refractivity contribution in [3.05, 3.63) is 254 Å². The molecule has 0 saturated heterocycles. The lowest BCUT2D eigenvalue weighted by molar-refractivity contribution is 0.0513. The number of benzene rings is 8. The predicted molar refractivity (Wildman–Crippen MR) is 488 cm³/mol. The lowest BCUT2D eigenvalue weighted by Gasteiger charge is -2.20. The Labute approximate surface area is 756 Å². The zero-order valence-electron chi connectivity index (χ0n) is 71.1. The molecule has 5 heterocycles. The van der Waals surface area contributed by atoms with E-state index in [2.05, 4.69) is 81.0 Å². The van der Waals surface area contributed by atoms with Crippen LogP contribution in [0.15, 0.2) is 237 Å². The Hall–Kier alpha value is -12.1. The third kappa shape index (κ3) is 25.7. The molecular weight excluding hydrogens is 1870 g/mol. The zero-order chi connectivity index (χ0) is 92.5. The van der Waals surface area contributed by atoms with E-state index >= 15 is 0 Å². The molecule has 0 aliphatic heterocycles. The van der Waals surface area contributed by atoms with Gasteiger partial charge >= 0.3 is 5.97 Å². The molecule has 13 aromatic rings. The molecule has 1 atom stereocenters. The highest BCUT2D eigenvalue weighted by Gasteiger charge is 2.31. The normalized spacial score (nSPS) is 11.8. The Morgan fingerprint density at radius 3 is 1.39 bits per heavy atom. The molecule has 0 aliphatic rings. The predicted octanol–water partition coefficient (Wildman–Crippen LogP) is 17.6. The van der Waals surface area contributed by atoms with Crippen LogP contribution in [-0.4, -0.2) is 144 Å². The Kier molecular flexibility index (Phi) is 32.2. The number of aromatic nitrogens is 6. The number of aliphatic hydroxyl groups is 3. The highest BCUT2D eigenvalue weighted by Crippen LogP contribution is 2.45. The van der Waals surface area contributed by atoms with E-state index < -0.39 is 77.0 Å². The first-order valence-electron chi connectivity index (χ1n) is 38.4. The summed E-state index contributed by atoms with van der Waals surface area (Å²) in [4.78, 5) is 29.4. The Morgan fingerprint density at radius 2 is 0.921 bits per heavy atom. The smallest absolute Gasteiger partial charge is 0.374 e. The van der Waals surface area contributed by atoms with Crippen LogP contribution in [0.3, 0.4) is 0 Å². The van der Waals surface area contributed by atoms with Gasteiger partial charge in [0.1, 0.15) is 49.7 Å². The SMILES string of the molecule is COc1ccc(-c2nc(NS(=O)(=O)c3ccc(C(C)(C)C)cc3)c(Oc3ccccc3OC)c(OC[C@H](O)CO)n2)cc1.COc1ccc(C)c(Oc2c(NS(=O)(=O)c3ccc(C(C)(C)C)cc3)nc(C(=O)O)nc2OCCO)c1.Cc1ccc(-c2ccc(S(=O)(=O)Nc3onc(C)c3Br)cc2)cc1.Cc1ccc(-c2ccc(S(=O)(=O)Nc3onc(C)c3Br)s2)cc1. The topological polar surface area (TPSA) is 451 Å². The summed E-state index contributed by atoms with van der Waals surface area (Å²) in [6.45, 7) is 19.7. The average Bonchev–Trinajstić information content (AvgIpc) is 1.64. The second-order valence-corrected chi connectivity index (χ2v) is 39.6. The second kappa shape index (κ2) is 42.0. The fourth-order valence-electron chi connectivity index (χ4n) is 11.2. The number of carboxylic acid groups (broad SMARTS) is 1. The highest BCUT2D eigenvalue weighted by molar-refractivity contribution is 9.11. The van der Waals surface area contributed by atoms with Crippen LogP contribution in [0.25, 0.3) is 33.0 Å². The number of halogens is 2. The van der Waals surface area contributed by atoms with Crippen LogP contribution in [0, 0.1) is 34.6 Å². The summed E-state index contributed by atoms with van der Waals surface area (Å²) in [5.41, 5.74) is 9.17. The summed E-state index contributed by atoms with van der Waals surface area (Å²) in [5, 5.41) is 45.5. The summed E-state index contributed by atoms with van der Waals surface area (Å²) in [6, 6.07) is 57.4. The lowest BCUT2D eigenvalue weighted by Crippen LogP contribution is -2.22. The fourth-order valence-corrected chi connectivity index (χ4v) is 17.3. The molecule has 0 unspecified atom stereocenters. The van der Waals surface area contributed by atoms with Crippen molar-refractivity contribution in [2.75, 3.05) is 66.6 Å². The molecule has 0 fully saturated rings. The van der Waals surface area contributed by atoms with Crippen LogP contribution in [0.2, 0.25) is 0 Å². The van der Waals surface area contributed by atoms with E-state index in [4.69, 9.17) is 42.2 Å². The second-order valence-electron chi connectivity index (χ2n) is 30.0. The van der Waals surface area contributed by atoms with Crippen LogP contribution < -0.4 is 52.0 Å². The van der Waals surface area contributed by atoms with E-state index in [9.17, 15) is 58.9 Å². The standard InChI is InChI=1S/C31H35N3O8S.C25H29N3O8S.C17H15BrN2O3S.C15H13BrN2O3S2/c1-31(2,3)21-12-16-24(17-13-21)43(37,38)34-29-27(42-26-9-7-6-8-25(26)40-5)30(41-19-22(36)18-35)33-28(32-29)20-10-14-23(39-4)15-11-20;1-15-6-9-17(34-5)14-19(15)36-20-21(26-22(24(30)31)27-23(20)35-13-12-29)28-37(32,33)18-10-7-16(8-11-18)25(2,3)4;1-11-3-5-13(6-4-11)14-7-9-15(10-8-14)24(21,22)20-17-16(18)12(2)19-23-17;1-9-3-5-11(6-4-9)12-7-8-13(22-12)23(19,20)18-15-14(16)10(2)17-21-15/h6-17,22,35-36H,18-19H2,1-5H3,(H,32,33,34);6-11,14,29H,12-13H2,1-5H3,(H,30,31)(H,26,27,28);3-10,20H,1-2H3;3-8,18H,1-2H3/t22-;;;/m1.../s1. The van der Waals surface area contributed by atoms with Crippen LogP contribution in [0.4, 0.5) is 23.4 Å². The van der Waals surface area contributed by atoms with Crippen LogP contribution >= 0.6 is 43.2 Å². The molecule has 0 aliphatic carbocycles. The van der Waals surface area contributed by atoms with Crippen molar-refractivity contribution in [2.24, 2.45) is 0 Å². The Balaban J connectivity index is 0.000000182. The van der Waals surface area contributed by atoms with Crippen molar-refractivity contribution in [3.8, 4) is 85.0 Å². The molecule has 127 heavy (non-hydrogen) atoms. The number of ether oxygens (including phenoxy) is 7. The van der Waals surface area contributed by atoms with Gasteiger partial charge in [0.25, 0.3) is 63.6 Å². The van der Waals surface area contributed by atoms with Crippen molar-refractivity contribution in [1.29, 1.82) is 0 Å². The molecule has 5 aromatic heterocycles. The number of methoxy groups -OCH3 is 3. The van der Waals surface area contributed by atoms with Gasteiger partial charge < -0.3 is 62.6 Å². The zero-order valence-corrected chi connectivity index (χ0v) is 78.3. The number of hydrogen-bond acceptors (Lipinski definition) is 28. The minimum absolute atomic E-state index is 0.00604. The number of thiophene rings is 1. The number of aliphatic hydroxyl groups excluding tert-OH is 3. The minimum Gasteiger partial charge on any atom is -0.497 e. The quantitative estimate of drug-likeness (QED) is 0.0207. The van der Waals surface area contributed by atoms with Crippen LogP contribution in [0.1, 0.15) is 91.4 Å².